The minimum absolute atomic E-state index is 0.381. The molecular weight excluding hydrogens is 390 g/mol. The lowest BCUT2D eigenvalue weighted by atomic mass is 10.0. The molecule has 5 nitrogen and oxygen atoms in total. The Balaban J connectivity index is 1.64. The lowest BCUT2D eigenvalue weighted by molar-refractivity contribution is 0.319. The summed E-state index contributed by atoms with van der Waals surface area (Å²) in [6, 6.07) is 23.6. The van der Waals surface area contributed by atoms with Crippen LogP contribution in [0.15, 0.2) is 82.0 Å². The van der Waals surface area contributed by atoms with E-state index in [1.807, 2.05) is 30.3 Å². The van der Waals surface area contributed by atoms with E-state index in [1.165, 1.54) is 5.56 Å². The molecule has 158 valence electrons. The molecule has 31 heavy (non-hydrogen) atoms. The molecular formula is C26H25NO4. The summed E-state index contributed by atoms with van der Waals surface area (Å²) in [5, 5.41) is 0.884. The van der Waals surface area contributed by atoms with Crippen LogP contribution >= 0.6 is 0 Å². The predicted molar refractivity (Wildman–Crippen MR) is 123 cm³/mol. The minimum Gasteiger partial charge on any atom is -0.493 e. The fourth-order valence-electron chi connectivity index (χ4n) is 3.74. The van der Waals surface area contributed by atoms with E-state index in [1.54, 1.807) is 26.4 Å². The minimum atomic E-state index is -0.381. The van der Waals surface area contributed by atoms with Crippen molar-refractivity contribution in [2.24, 2.45) is 0 Å². The van der Waals surface area contributed by atoms with Crippen molar-refractivity contribution < 1.29 is 13.9 Å². The van der Waals surface area contributed by atoms with Crippen LogP contribution in [0.2, 0.25) is 0 Å². The van der Waals surface area contributed by atoms with Gasteiger partial charge in [0, 0.05) is 18.5 Å². The number of methoxy groups -OCH3 is 2. The zero-order valence-corrected chi connectivity index (χ0v) is 17.9. The molecule has 0 unspecified atom stereocenters. The standard InChI is InChI=1S/C26H25NO4/c1-27(16-18-7-5-4-6-8-18)17-19-9-11-23-21(13-19)14-22(26(28)31-23)20-10-12-24(29-2)25(15-20)30-3/h4-15H,16-17H2,1-3H3. The van der Waals surface area contributed by atoms with Crippen molar-refractivity contribution in [3.05, 3.63) is 94.3 Å². The van der Waals surface area contributed by atoms with Crippen LogP contribution in [-0.2, 0) is 13.1 Å². The maximum absolute atomic E-state index is 12.6. The van der Waals surface area contributed by atoms with Gasteiger partial charge in [0.05, 0.1) is 19.8 Å². The SMILES string of the molecule is COc1ccc(-c2cc3cc(CN(C)Cc4ccccc4)ccc3oc2=O)cc1OC. The van der Waals surface area contributed by atoms with E-state index in [2.05, 4.69) is 42.3 Å². The first-order valence-corrected chi connectivity index (χ1v) is 10.1. The highest BCUT2D eigenvalue weighted by atomic mass is 16.5. The summed E-state index contributed by atoms with van der Waals surface area (Å²) in [7, 11) is 5.25. The number of hydrogen-bond donors (Lipinski definition) is 0. The fourth-order valence-corrected chi connectivity index (χ4v) is 3.74. The van der Waals surface area contributed by atoms with Crippen LogP contribution in [0.25, 0.3) is 22.1 Å². The van der Waals surface area contributed by atoms with Crippen LogP contribution in [0.3, 0.4) is 0 Å². The Bertz CT molecular complexity index is 1250. The molecule has 0 aliphatic heterocycles. The average molecular weight is 415 g/mol. The van der Waals surface area contributed by atoms with Gasteiger partial charge >= 0.3 is 5.63 Å². The monoisotopic (exact) mass is 415 g/mol. The van der Waals surface area contributed by atoms with E-state index < -0.39 is 0 Å². The second-order valence-electron chi connectivity index (χ2n) is 7.55. The van der Waals surface area contributed by atoms with E-state index >= 15 is 0 Å². The average Bonchev–Trinajstić information content (AvgIpc) is 2.79. The number of nitrogens with zero attached hydrogens (tertiary/aromatic N) is 1. The van der Waals surface area contributed by atoms with Gasteiger partial charge in [-0.2, -0.15) is 0 Å². The number of ether oxygens (including phenoxy) is 2. The van der Waals surface area contributed by atoms with Crippen molar-refractivity contribution in [2.75, 3.05) is 21.3 Å². The van der Waals surface area contributed by atoms with Gasteiger partial charge in [-0.05, 0) is 54.1 Å². The van der Waals surface area contributed by atoms with E-state index in [4.69, 9.17) is 13.9 Å². The first-order chi connectivity index (χ1) is 15.1. The molecule has 5 heteroatoms. The van der Waals surface area contributed by atoms with Crippen LogP contribution in [-0.4, -0.2) is 26.2 Å². The third-order valence-electron chi connectivity index (χ3n) is 5.24. The van der Waals surface area contributed by atoms with Crippen LogP contribution < -0.4 is 15.1 Å². The predicted octanol–water partition coefficient (Wildman–Crippen LogP) is 5.11. The zero-order valence-electron chi connectivity index (χ0n) is 17.9. The van der Waals surface area contributed by atoms with Gasteiger partial charge in [0.25, 0.3) is 0 Å². The summed E-state index contributed by atoms with van der Waals surface area (Å²) in [6.45, 7) is 1.65. The molecule has 1 aromatic heterocycles. The molecule has 3 aromatic carbocycles. The molecule has 4 rings (SSSR count). The topological polar surface area (TPSA) is 51.9 Å². The molecule has 0 saturated carbocycles. The molecule has 0 fully saturated rings. The molecule has 0 radical (unpaired) electrons. The van der Waals surface area contributed by atoms with Crippen LogP contribution in [0, 0.1) is 0 Å². The summed E-state index contributed by atoms with van der Waals surface area (Å²) in [5.74, 6) is 1.18. The number of hydrogen-bond acceptors (Lipinski definition) is 5. The van der Waals surface area contributed by atoms with Crippen molar-refractivity contribution in [3.8, 4) is 22.6 Å². The van der Waals surface area contributed by atoms with Crippen LogP contribution in [0.4, 0.5) is 0 Å². The Kier molecular flexibility index (Phi) is 6.05. The number of fused-ring (bicyclic) bond motifs is 1. The molecule has 0 saturated heterocycles. The second kappa shape index (κ2) is 9.06. The molecule has 0 amide bonds. The van der Waals surface area contributed by atoms with E-state index in [-0.39, 0.29) is 5.63 Å². The zero-order chi connectivity index (χ0) is 21.8. The van der Waals surface area contributed by atoms with Crippen molar-refractivity contribution in [1.82, 2.24) is 4.90 Å². The Labute approximate surface area is 181 Å². The molecule has 0 N–H and O–H groups in total. The highest BCUT2D eigenvalue weighted by molar-refractivity contribution is 5.82. The second-order valence-corrected chi connectivity index (χ2v) is 7.55. The van der Waals surface area contributed by atoms with E-state index in [9.17, 15) is 4.79 Å². The summed E-state index contributed by atoms with van der Waals surface area (Å²) >= 11 is 0. The molecule has 1 heterocycles. The largest absolute Gasteiger partial charge is 0.493 e. The maximum Gasteiger partial charge on any atom is 0.344 e. The van der Waals surface area contributed by atoms with Gasteiger partial charge in [-0.15, -0.1) is 0 Å². The molecule has 0 bridgehead atoms. The van der Waals surface area contributed by atoms with E-state index in [0.29, 0.717) is 22.6 Å². The fraction of sp³-hybridized carbons (Fsp3) is 0.192. The van der Waals surface area contributed by atoms with Crippen LogP contribution in [0.1, 0.15) is 11.1 Å². The smallest absolute Gasteiger partial charge is 0.344 e. The molecule has 0 atom stereocenters. The first-order valence-electron chi connectivity index (χ1n) is 10.1. The molecule has 0 aliphatic carbocycles. The third kappa shape index (κ3) is 4.62. The van der Waals surface area contributed by atoms with Gasteiger partial charge in [0.1, 0.15) is 5.58 Å². The van der Waals surface area contributed by atoms with Gasteiger partial charge in [-0.3, -0.25) is 4.90 Å². The van der Waals surface area contributed by atoms with Crippen molar-refractivity contribution in [2.45, 2.75) is 13.1 Å². The van der Waals surface area contributed by atoms with Gasteiger partial charge in [-0.25, -0.2) is 4.79 Å². The van der Waals surface area contributed by atoms with Crippen molar-refractivity contribution in [3.63, 3.8) is 0 Å². The summed E-state index contributed by atoms with van der Waals surface area (Å²) in [5.41, 5.74) is 3.83. The summed E-state index contributed by atoms with van der Waals surface area (Å²) in [6.07, 6.45) is 0. The molecule has 0 spiro atoms. The first kappa shape index (κ1) is 20.7. The number of rotatable bonds is 7. The third-order valence-corrected chi connectivity index (χ3v) is 5.24. The highest BCUT2D eigenvalue weighted by Gasteiger charge is 2.12. The normalized spacial score (nSPS) is 11.1. The maximum atomic E-state index is 12.6. The van der Waals surface area contributed by atoms with Crippen LogP contribution in [0.5, 0.6) is 11.5 Å². The Hall–Kier alpha value is -3.57. The summed E-state index contributed by atoms with van der Waals surface area (Å²) < 4.78 is 16.3. The van der Waals surface area contributed by atoms with Gasteiger partial charge in [0.2, 0.25) is 0 Å². The lowest BCUT2D eigenvalue weighted by Crippen LogP contribution is -2.17. The van der Waals surface area contributed by atoms with Gasteiger partial charge < -0.3 is 13.9 Å². The van der Waals surface area contributed by atoms with Crippen molar-refractivity contribution in [1.29, 1.82) is 0 Å². The quantitative estimate of drug-likeness (QED) is 0.393. The van der Waals surface area contributed by atoms with Gasteiger partial charge in [-0.1, -0.05) is 42.5 Å². The van der Waals surface area contributed by atoms with Crippen molar-refractivity contribution >= 4 is 11.0 Å². The molecule has 4 aromatic rings. The number of benzene rings is 3. The Morgan fingerprint density at radius 1 is 0.806 bits per heavy atom. The summed E-state index contributed by atoms with van der Waals surface area (Å²) in [4.78, 5) is 14.9. The highest BCUT2D eigenvalue weighted by Crippen LogP contribution is 2.32. The van der Waals surface area contributed by atoms with Gasteiger partial charge in [0.15, 0.2) is 11.5 Å². The lowest BCUT2D eigenvalue weighted by Gasteiger charge is -2.17. The Morgan fingerprint density at radius 2 is 1.55 bits per heavy atom. The van der Waals surface area contributed by atoms with E-state index in [0.717, 1.165) is 29.6 Å². The molecule has 0 aliphatic rings. The Morgan fingerprint density at radius 3 is 2.29 bits per heavy atom.